The Morgan fingerprint density at radius 1 is 1.42 bits per heavy atom. The molecular formula is C14H20FNO3. The fourth-order valence-corrected chi connectivity index (χ4v) is 1.54. The molecule has 0 fully saturated rings. The summed E-state index contributed by atoms with van der Waals surface area (Å²) < 4.78 is 18.8. The van der Waals surface area contributed by atoms with Gasteiger partial charge in [-0.25, -0.2) is 4.39 Å². The van der Waals surface area contributed by atoms with Crippen molar-refractivity contribution in [1.82, 2.24) is 5.32 Å². The predicted octanol–water partition coefficient (Wildman–Crippen LogP) is 2.17. The Morgan fingerprint density at radius 3 is 2.63 bits per heavy atom. The molecule has 1 unspecified atom stereocenters. The Hall–Kier alpha value is -1.62. The van der Waals surface area contributed by atoms with Crippen LogP contribution < -0.4 is 10.1 Å². The van der Waals surface area contributed by atoms with Crippen molar-refractivity contribution in [3.63, 3.8) is 0 Å². The number of aliphatic hydroxyl groups excluding tert-OH is 1. The van der Waals surface area contributed by atoms with Crippen LogP contribution in [0.15, 0.2) is 18.2 Å². The predicted molar refractivity (Wildman–Crippen MR) is 70.4 cm³/mol. The van der Waals surface area contributed by atoms with E-state index in [9.17, 15) is 14.3 Å². The van der Waals surface area contributed by atoms with E-state index in [0.717, 1.165) is 0 Å². The number of carbonyl (C=O) groups excluding carboxylic acids is 1. The van der Waals surface area contributed by atoms with Crippen LogP contribution in [0.25, 0.3) is 0 Å². The van der Waals surface area contributed by atoms with Crippen LogP contribution in [0.4, 0.5) is 4.39 Å². The lowest BCUT2D eigenvalue weighted by Gasteiger charge is -2.11. The maximum Gasteiger partial charge on any atom is 0.223 e. The minimum atomic E-state index is -0.722. The van der Waals surface area contributed by atoms with Gasteiger partial charge in [0.2, 0.25) is 5.91 Å². The van der Waals surface area contributed by atoms with Crippen molar-refractivity contribution in [2.24, 2.45) is 0 Å². The first-order chi connectivity index (χ1) is 8.90. The quantitative estimate of drug-likeness (QED) is 0.832. The van der Waals surface area contributed by atoms with Gasteiger partial charge in [-0.05, 0) is 38.5 Å². The number of amides is 1. The van der Waals surface area contributed by atoms with Crippen molar-refractivity contribution >= 4 is 5.91 Å². The molecule has 0 saturated heterocycles. The largest absolute Gasteiger partial charge is 0.490 e. The molecule has 1 atom stereocenters. The van der Waals surface area contributed by atoms with Crippen LogP contribution in [0, 0.1) is 5.82 Å². The van der Waals surface area contributed by atoms with Crippen LogP contribution in [-0.4, -0.2) is 23.7 Å². The number of hydrogen-bond acceptors (Lipinski definition) is 3. The van der Waals surface area contributed by atoms with Crippen LogP contribution in [0.5, 0.6) is 5.75 Å². The van der Waals surface area contributed by atoms with E-state index in [1.807, 2.05) is 13.8 Å². The molecular weight excluding hydrogens is 249 g/mol. The fraction of sp³-hybridized carbons (Fsp3) is 0.500. The van der Waals surface area contributed by atoms with Gasteiger partial charge in [-0.3, -0.25) is 4.79 Å². The molecule has 5 heteroatoms. The normalized spacial score (nSPS) is 12.3. The van der Waals surface area contributed by atoms with Crippen LogP contribution in [0.3, 0.4) is 0 Å². The smallest absolute Gasteiger partial charge is 0.223 e. The summed E-state index contributed by atoms with van der Waals surface area (Å²) in [4.78, 5) is 11.4. The number of aliphatic hydroxyl groups is 1. The number of rotatable bonds is 6. The van der Waals surface area contributed by atoms with Crippen LogP contribution in [0.2, 0.25) is 0 Å². The van der Waals surface area contributed by atoms with E-state index in [0.29, 0.717) is 5.56 Å². The van der Waals surface area contributed by atoms with E-state index in [2.05, 4.69) is 5.32 Å². The highest BCUT2D eigenvalue weighted by Gasteiger charge is 2.09. The molecule has 2 N–H and O–H groups in total. The maximum absolute atomic E-state index is 13.6. The van der Waals surface area contributed by atoms with Crippen molar-refractivity contribution in [2.45, 2.75) is 39.3 Å². The number of benzene rings is 1. The number of halogens is 1. The molecule has 1 rings (SSSR count). The van der Waals surface area contributed by atoms with E-state index >= 15 is 0 Å². The minimum absolute atomic E-state index is 0.0783. The standard InChI is InChI=1S/C14H20FNO3/c1-9(2)16-14(18)6-7-19-13-5-4-11(10(3)17)8-12(13)15/h4-5,8-10,17H,6-7H2,1-3H3,(H,16,18). The van der Waals surface area contributed by atoms with Gasteiger partial charge in [0.25, 0.3) is 0 Å². The van der Waals surface area contributed by atoms with E-state index in [1.54, 1.807) is 13.0 Å². The lowest BCUT2D eigenvalue weighted by molar-refractivity contribution is -0.122. The van der Waals surface area contributed by atoms with E-state index in [4.69, 9.17) is 4.74 Å². The summed E-state index contributed by atoms with van der Waals surface area (Å²) in [5.74, 6) is -0.583. The van der Waals surface area contributed by atoms with E-state index in [1.165, 1.54) is 12.1 Å². The average molecular weight is 269 g/mol. The van der Waals surface area contributed by atoms with E-state index in [-0.39, 0.29) is 30.7 Å². The van der Waals surface area contributed by atoms with Gasteiger partial charge in [-0.2, -0.15) is 0 Å². The third-order valence-corrected chi connectivity index (χ3v) is 2.47. The Labute approximate surface area is 112 Å². The third-order valence-electron chi connectivity index (χ3n) is 2.47. The second kappa shape index (κ2) is 7.09. The first-order valence-corrected chi connectivity index (χ1v) is 6.30. The SMILES string of the molecule is CC(C)NC(=O)CCOc1ccc(C(C)O)cc1F. The Bertz CT molecular complexity index is 433. The van der Waals surface area contributed by atoms with Gasteiger partial charge in [0.1, 0.15) is 0 Å². The zero-order valence-corrected chi connectivity index (χ0v) is 11.4. The monoisotopic (exact) mass is 269 g/mol. The summed E-state index contributed by atoms with van der Waals surface area (Å²) in [6.45, 7) is 5.41. The summed E-state index contributed by atoms with van der Waals surface area (Å²) in [6, 6.07) is 4.36. The van der Waals surface area contributed by atoms with Crippen LogP contribution in [-0.2, 0) is 4.79 Å². The van der Waals surface area contributed by atoms with Gasteiger partial charge in [-0.1, -0.05) is 6.07 Å². The molecule has 4 nitrogen and oxygen atoms in total. The highest BCUT2D eigenvalue weighted by molar-refractivity contribution is 5.76. The van der Waals surface area contributed by atoms with Gasteiger partial charge in [0, 0.05) is 6.04 Å². The zero-order chi connectivity index (χ0) is 14.4. The summed E-state index contributed by atoms with van der Waals surface area (Å²) >= 11 is 0. The molecule has 0 aliphatic rings. The fourth-order valence-electron chi connectivity index (χ4n) is 1.54. The number of ether oxygens (including phenoxy) is 1. The van der Waals surface area contributed by atoms with Crippen molar-refractivity contribution in [3.8, 4) is 5.75 Å². The van der Waals surface area contributed by atoms with Gasteiger partial charge in [-0.15, -0.1) is 0 Å². The Kier molecular flexibility index (Phi) is 5.76. The molecule has 0 radical (unpaired) electrons. The van der Waals surface area contributed by atoms with Gasteiger partial charge in [0.05, 0.1) is 19.1 Å². The van der Waals surface area contributed by atoms with Gasteiger partial charge < -0.3 is 15.2 Å². The van der Waals surface area contributed by atoms with Crippen molar-refractivity contribution < 1.29 is 19.0 Å². The number of nitrogens with one attached hydrogen (secondary N) is 1. The zero-order valence-electron chi connectivity index (χ0n) is 11.4. The van der Waals surface area contributed by atoms with Crippen molar-refractivity contribution in [3.05, 3.63) is 29.6 Å². The Balaban J connectivity index is 2.48. The molecule has 1 amide bonds. The molecule has 0 bridgehead atoms. The second-order valence-electron chi connectivity index (χ2n) is 4.69. The highest BCUT2D eigenvalue weighted by Crippen LogP contribution is 2.21. The number of carbonyl (C=O) groups is 1. The summed E-state index contributed by atoms with van der Waals surface area (Å²) in [6.07, 6.45) is -0.546. The van der Waals surface area contributed by atoms with Crippen molar-refractivity contribution in [2.75, 3.05) is 6.61 Å². The molecule has 0 heterocycles. The second-order valence-corrected chi connectivity index (χ2v) is 4.69. The molecule has 0 aromatic heterocycles. The van der Waals surface area contributed by atoms with Gasteiger partial charge >= 0.3 is 0 Å². The van der Waals surface area contributed by atoms with Crippen LogP contribution >= 0.6 is 0 Å². The Morgan fingerprint density at radius 2 is 2.11 bits per heavy atom. The average Bonchev–Trinajstić information content (AvgIpc) is 2.29. The molecule has 19 heavy (non-hydrogen) atoms. The van der Waals surface area contributed by atoms with E-state index < -0.39 is 11.9 Å². The summed E-state index contributed by atoms with van der Waals surface area (Å²) in [7, 11) is 0. The minimum Gasteiger partial charge on any atom is -0.490 e. The molecule has 106 valence electrons. The summed E-state index contributed by atoms with van der Waals surface area (Å²) in [5.41, 5.74) is 0.488. The molecule has 0 aliphatic heterocycles. The van der Waals surface area contributed by atoms with Crippen LogP contribution in [0.1, 0.15) is 38.9 Å². The highest BCUT2D eigenvalue weighted by atomic mass is 19.1. The first kappa shape index (κ1) is 15.4. The molecule has 0 aliphatic carbocycles. The molecule has 0 saturated carbocycles. The first-order valence-electron chi connectivity index (χ1n) is 6.30. The molecule has 1 aromatic rings. The third kappa shape index (κ3) is 5.26. The molecule has 0 spiro atoms. The lowest BCUT2D eigenvalue weighted by Crippen LogP contribution is -2.31. The van der Waals surface area contributed by atoms with Crippen molar-refractivity contribution in [1.29, 1.82) is 0 Å². The van der Waals surface area contributed by atoms with Gasteiger partial charge in [0.15, 0.2) is 11.6 Å². The maximum atomic E-state index is 13.6. The number of hydrogen-bond donors (Lipinski definition) is 2. The summed E-state index contributed by atoms with van der Waals surface area (Å²) in [5, 5.41) is 12.0. The lowest BCUT2D eigenvalue weighted by atomic mass is 10.1. The molecule has 1 aromatic carbocycles. The topological polar surface area (TPSA) is 58.6 Å².